The predicted octanol–water partition coefficient (Wildman–Crippen LogP) is 5.03. The Bertz CT molecular complexity index is 1070. The normalized spacial score (nSPS) is 13.6. The lowest BCUT2D eigenvalue weighted by Crippen LogP contribution is -2.23. The van der Waals surface area contributed by atoms with Crippen LogP contribution in [0.1, 0.15) is 28.2 Å². The van der Waals surface area contributed by atoms with Crippen LogP contribution in [-0.2, 0) is 32.7 Å². The van der Waals surface area contributed by atoms with E-state index < -0.39 is 0 Å². The maximum atomic E-state index is 4.50. The summed E-state index contributed by atoms with van der Waals surface area (Å²) in [4.78, 5) is 15.8. The first-order chi connectivity index (χ1) is 15.3. The van der Waals surface area contributed by atoms with E-state index in [2.05, 4.69) is 78.8 Å². The van der Waals surface area contributed by atoms with Gasteiger partial charge in [-0.2, -0.15) is 0 Å². The molecular formula is C25H25N5S. The molecule has 2 aromatic heterocycles. The molecule has 1 N–H and O–H groups in total. The molecule has 2 aromatic carbocycles. The van der Waals surface area contributed by atoms with Gasteiger partial charge in [0.1, 0.15) is 5.82 Å². The SMILES string of the molecule is c1ccc(CN(Cc2ccc(SN3Cc4ccccc4C3)cc2)Cc2ncc[nH]2)nc1. The van der Waals surface area contributed by atoms with Gasteiger partial charge in [-0.15, -0.1) is 0 Å². The standard InChI is InChI=1S/C25H25N5S/c1-2-6-22-17-30(16-21(22)5-1)31-24-10-8-20(9-11-24)15-29(19-25-27-13-14-28-25)18-23-7-3-4-12-26-23/h1-14H,15-19H2,(H,27,28). The highest BCUT2D eigenvalue weighted by atomic mass is 32.2. The molecule has 5 rings (SSSR count). The van der Waals surface area contributed by atoms with E-state index in [0.29, 0.717) is 0 Å². The molecule has 0 amide bonds. The van der Waals surface area contributed by atoms with Crippen LogP contribution < -0.4 is 0 Å². The minimum absolute atomic E-state index is 0.756. The van der Waals surface area contributed by atoms with Gasteiger partial charge in [0.2, 0.25) is 0 Å². The van der Waals surface area contributed by atoms with Gasteiger partial charge in [0, 0.05) is 49.7 Å². The molecule has 0 fully saturated rings. The molecule has 0 unspecified atom stereocenters. The summed E-state index contributed by atoms with van der Waals surface area (Å²) in [6, 6.07) is 23.7. The van der Waals surface area contributed by atoms with E-state index in [4.69, 9.17) is 0 Å². The van der Waals surface area contributed by atoms with Crippen LogP contribution in [0.4, 0.5) is 0 Å². The zero-order valence-corrected chi connectivity index (χ0v) is 18.1. The summed E-state index contributed by atoms with van der Waals surface area (Å²) < 4.78 is 2.42. The molecule has 5 nitrogen and oxygen atoms in total. The van der Waals surface area contributed by atoms with Crippen molar-refractivity contribution >= 4 is 11.9 Å². The molecule has 0 aliphatic carbocycles. The number of aromatic amines is 1. The summed E-state index contributed by atoms with van der Waals surface area (Å²) in [6.45, 7) is 4.39. The first-order valence-corrected chi connectivity index (χ1v) is 11.3. The Morgan fingerprint density at radius 1 is 0.806 bits per heavy atom. The summed E-state index contributed by atoms with van der Waals surface area (Å²) in [6.07, 6.45) is 5.52. The average Bonchev–Trinajstić information content (AvgIpc) is 3.45. The van der Waals surface area contributed by atoms with Crippen molar-refractivity contribution in [3.05, 3.63) is 114 Å². The van der Waals surface area contributed by atoms with Crippen molar-refractivity contribution in [1.29, 1.82) is 0 Å². The fourth-order valence-electron chi connectivity index (χ4n) is 3.91. The Morgan fingerprint density at radius 2 is 1.58 bits per heavy atom. The molecule has 0 radical (unpaired) electrons. The van der Waals surface area contributed by atoms with Crippen LogP contribution in [0.25, 0.3) is 0 Å². The molecule has 0 atom stereocenters. The summed E-state index contributed by atoms with van der Waals surface area (Å²) in [5, 5.41) is 0. The highest BCUT2D eigenvalue weighted by molar-refractivity contribution is 7.97. The first-order valence-electron chi connectivity index (χ1n) is 10.5. The largest absolute Gasteiger partial charge is 0.348 e. The Labute approximate surface area is 187 Å². The first kappa shape index (κ1) is 20.0. The molecule has 6 heteroatoms. The zero-order valence-electron chi connectivity index (χ0n) is 17.3. The van der Waals surface area contributed by atoms with E-state index in [0.717, 1.165) is 44.2 Å². The molecule has 0 saturated heterocycles. The Kier molecular flexibility index (Phi) is 6.11. The number of nitrogens with zero attached hydrogens (tertiary/aromatic N) is 4. The molecule has 4 aromatic rings. The molecule has 3 heterocycles. The Morgan fingerprint density at radius 3 is 2.26 bits per heavy atom. The molecule has 0 saturated carbocycles. The molecule has 31 heavy (non-hydrogen) atoms. The Hall–Kier alpha value is -2.93. The van der Waals surface area contributed by atoms with E-state index in [9.17, 15) is 0 Å². The molecule has 1 aliphatic heterocycles. The van der Waals surface area contributed by atoms with Crippen LogP contribution in [0.3, 0.4) is 0 Å². The van der Waals surface area contributed by atoms with Crippen molar-refractivity contribution in [1.82, 2.24) is 24.2 Å². The number of H-pyrrole nitrogens is 1. The third-order valence-corrected chi connectivity index (χ3v) is 6.42. The minimum atomic E-state index is 0.756. The topological polar surface area (TPSA) is 48.0 Å². The fraction of sp³-hybridized carbons (Fsp3) is 0.200. The monoisotopic (exact) mass is 427 g/mol. The average molecular weight is 428 g/mol. The number of nitrogens with one attached hydrogen (secondary N) is 1. The van der Waals surface area contributed by atoms with E-state index >= 15 is 0 Å². The molecule has 1 aliphatic rings. The third-order valence-electron chi connectivity index (χ3n) is 5.42. The second kappa shape index (κ2) is 9.47. The van der Waals surface area contributed by atoms with Crippen molar-refractivity contribution < 1.29 is 0 Å². The van der Waals surface area contributed by atoms with Crippen LogP contribution in [0, 0.1) is 0 Å². The predicted molar refractivity (Wildman–Crippen MR) is 124 cm³/mol. The number of hydrogen-bond acceptors (Lipinski definition) is 5. The smallest absolute Gasteiger partial charge is 0.120 e. The van der Waals surface area contributed by atoms with E-state index in [1.54, 1.807) is 6.20 Å². The van der Waals surface area contributed by atoms with Crippen LogP contribution >= 0.6 is 11.9 Å². The molecule has 0 bridgehead atoms. The van der Waals surface area contributed by atoms with Crippen LogP contribution in [0.15, 0.2) is 90.2 Å². The van der Waals surface area contributed by atoms with Gasteiger partial charge in [0.25, 0.3) is 0 Å². The van der Waals surface area contributed by atoms with Crippen molar-refractivity contribution in [3.8, 4) is 0 Å². The molecular weight excluding hydrogens is 402 g/mol. The summed E-state index contributed by atoms with van der Waals surface area (Å²) >= 11 is 1.84. The number of rotatable bonds is 8. The Balaban J connectivity index is 1.23. The van der Waals surface area contributed by atoms with Crippen molar-refractivity contribution in [2.45, 2.75) is 37.6 Å². The second-order valence-electron chi connectivity index (χ2n) is 7.80. The highest BCUT2D eigenvalue weighted by Gasteiger charge is 2.19. The van der Waals surface area contributed by atoms with Crippen LogP contribution in [0.2, 0.25) is 0 Å². The van der Waals surface area contributed by atoms with E-state index in [1.165, 1.54) is 21.6 Å². The van der Waals surface area contributed by atoms with Crippen molar-refractivity contribution in [2.75, 3.05) is 0 Å². The maximum Gasteiger partial charge on any atom is 0.120 e. The van der Waals surface area contributed by atoms with E-state index in [-0.39, 0.29) is 0 Å². The maximum absolute atomic E-state index is 4.50. The highest BCUT2D eigenvalue weighted by Crippen LogP contribution is 2.32. The summed E-state index contributed by atoms with van der Waals surface area (Å²) in [5.41, 5.74) is 5.23. The fourth-order valence-corrected chi connectivity index (χ4v) is 4.88. The van der Waals surface area contributed by atoms with Gasteiger partial charge in [0.15, 0.2) is 0 Å². The van der Waals surface area contributed by atoms with Crippen LogP contribution in [-0.4, -0.2) is 24.2 Å². The van der Waals surface area contributed by atoms with Gasteiger partial charge in [-0.3, -0.25) is 9.88 Å². The zero-order chi connectivity index (χ0) is 20.9. The van der Waals surface area contributed by atoms with E-state index in [1.807, 2.05) is 36.5 Å². The van der Waals surface area contributed by atoms with Gasteiger partial charge in [-0.25, -0.2) is 9.29 Å². The lowest BCUT2D eigenvalue weighted by molar-refractivity contribution is 0.239. The van der Waals surface area contributed by atoms with Gasteiger partial charge >= 0.3 is 0 Å². The quantitative estimate of drug-likeness (QED) is 0.400. The summed E-state index contributed by atoms with van der Waals surface area (Å²) in [5.74, 6) is 0.969. The van der Waals surface area contributed by atoms with Crippen molar-refractivity contribution in [2.24, 2.45) is 0 Å². The number of hydrogen-bond donors (Lipinski definition) is 1. The lowest BCUT2D eigenvalue weighted by atomic mass is 10.1. The number of pyridine rings is 1. The van der Waals surface area contributed by atoms with Gasteiger partial charge < -0.3 is 4.98 Å². The number of aromatic nitrogens is 3. The van der Waals surface area contributed by atoms with Gasteiger partial charge in [-0.1, -0.05) is 42.5 Å². The molecule has 0 spiro atoms. The van der Waals surface area contributed by atoms with Crippen molar-refractivity contribution in [3.63, 3.8) is 0 Å². The third kappa shape index (κ3) is 5.22. The lowest BCUT2D eigenvalue weighted by Gasteiger charge is -2.21. The minimum Gasteiger partial charge on any atom is -0.348 e. The van der Waals surface area contributed by atoms with Gasteiger partial charge in [0.05, 0.1) is 12.2 Å². The summed E-state index contributed by atoms with van der Waals surface area (Å²) in [7, 11) is 0. The second-order valence-corrected chi connectivity index (χ2v) is 8.97. The van der Waals surface area contributed by atoms with Crippen LogP contribution in [0.5, 0.6) is 0 Å². The van der Waals surface area contributed by atoms with Gasteiger partial charge in [-0.05, 0) is 52.9 Å². The number of benzene rings is 2. The number of fused-ring (bicyclic) bond motifs is 1. The number of imidazole rings is 1. The molecule has 156 valence electrons.